The fourth-order valence-corrected chi connectivity index (χ4v) is 11.6. The van der Waals surface area contributed by atoms with Crippen molar-refractivity contribution in [1.29, 1.82) is 0 Å². The van der Waals surface area contributed by atoms with Crippen LogP contribution in [0.25, 0.3) is 21.5 Å². The van der Waals surface area contributed by atoms with Gasteiger partial charge >= 0.3 is 11.9 Å². The monoisotopic (exact) mass is 1230 g/mol. The predicted octanol–water partition coefficient (Wildman–Crippen LogP) is 3.12. The second kappa shape index (κ2) is 30.8. The topological polar surface area (TPSA) is 291 Å². The van der Waals surface area contributed by atoms with Crippen LogP contribution in [0.15, 0.2) is 72.8 Å². The first-order valence-corrected chi connectivity index (χ1v) is 29.9. The molecule has 24 nitrogen and oxygen atoms in total. The number of aryl methyl sites for hydroxylation is 2. The molecule has 89 heavy (non-hydrogen) atoms. The summed E-state index contributed by atoms with van der Waals surface area (Å²) in [5.74, 6) is -10.2. The lowest BCUT2D eigenvalue weighted by atomic mass is 9.99. The molecule has 7 rings (SSSR count). The second-order valence-corrected chi connectivity index (χ2v) is 23.7. The number of rotatable bonds is 6. The fourth-order valence-electron chi connectivity index (χ4n) is 11.6. The number of cyclic esters (lactones) is 2. The second-order valence-electron chi connectivity index (χ2n) is 23.7. The van der Waals surface area contributed by atoms with Gasteiger partial charge in [0.1, 0.15) is 49.5 Å². The third-order valence-electron chi connectivity index (χ3n) is 16.6. The molecule has 4 N–H and O–H groups in total. The number of hydrogen-bond donors (Lipinski definition) is 4. The van der Waals surface area contributed by atoms with Gasteiger partial charge in [-0.2, -0.15) is 0 Å². The zero-order valence-corrected chi connectivity index (χ0v) is 51.8. The number of fused-ring (bicyclic) bond motifs is 4. The van der Waals surface area contributed by atoms with Gasteiger partial charge in [-0.25, -0.2) is 9.59 Å². The number of nitrogens with one attached hydrogen (secondary N) is 4. The molecule has 0 bridgehead atoms. The van der Waals surface area contributed by atoms with Crippen LogP contribution >= 0.6 is 0 Å². The van der Waals surface area contributed by atoms with E-state index in [0.717, 1.165) is 41.1 Å². The van der Waals surface area contributed by atoms with Gasteiger partial charge in [0.05, 0.1) is 26.2 Å². The Balaban J connectivity index is 0.0000126. The number of carbonyl (C=O) groups is 12. The summed E-state index contributed by atoms with van der Waals surface area (Å²) >= 11 is 0. The van der Waals surface area contributed by atoms with Crippen LogP contribution in [-0.2, 0) is 57.4 Å². The molecular formula is C65H86N10O14. The number of esters is 2. The Bertz CT molecular complexity index is 3130. The number of carbonyl (C=O) groups excluding carboxylic acids is 12. The third kappa shape index (κ3) is 16.8. The molecule has 0 unspecified atom stereocenters. The number of likely N-dealkylation sites (N-methyl/N-ethyl adjacent to an activating group) is 4. The van der Waals surface area contributed by atoms with E-state index in [4.69, 9.17) is 9.47 Å². The van der Waals surface area contributed by atoms with Gasteiger partial charge in [0.2, 0.25) is 47.3 Å². The normalized spacial score (nSPS) is 22.7. The van der Waals surface area contributed by atoms with Crippen LogP contribution in [0.3, 0.4) is 0 Å². The first-order valence-electron chi connectivity index (χ1n) is 29.9. The predicted molar refractivity (Wildman–Crippen MR) is 331 cm³/mol. The van der Waals surface area contributed by atoms with Crippen LogP contribution in [0.2, 0.25) is 0 Å². The minimum atomic E-state index is -1.56. The molecule has 6 atom stereocenters. The van der Waals surface area contributed by atoms with Crippen LogP contribution in [0.1, 0.15) is 105 Å². The molecule has 3 aliphatic heterocycles. The molecule has 3 heterocycles. The molecule has 4 aromatic carbocycles. The highest BCUT2D eigenvalue weighted by Gasteiger charge is 2.42. The zero-order chi connectivity index (χ0) is 64.3. The maximum absolute atomic E-state index is 14.8. The minimum Gasteiger partial charge on any atom is -0.461 e. The average molecular weight is 1230 g/mol. The Morgan fingerprint density at radius 1 is 0.506 bits per heavy atom. The van der Waals surface area contributed by atoms with Crippen molar-refractivity contribution in [3.8, 4) is 0 Å². The summed E-state index contributed by atoms with van der Waals surface area (Å²) in [7, 11) is 5.35. The Kier molecular flexibility index (Phi) is 23.9. The molecule has 3 aliphatic rings. The Morgan fingerprint density at radius 2 is 0.843 bits per heavy atom. The lowest BCUT2D eigenvalue weighted by molar-refractivity contribution is -0.159. The zero-order valence-electron chi connectivity index (χ0n) is 51.8. The van der Waals surface area contributed by atoms with Crippen molar-refractivity contribution < 1.29 is 67.0 Å². The summed E-state index contributed by atoms with van der Waals surface area (Å²) < 4.78 is 11.7. The van der Waals surface area contributed by atoms with E-state index >= 15 is 0 Å². The number of hydrogen-bond acceptors (Lipinski definition) is 14. The van der Waals surface area contributed by atoms with Gasteiger partial charge in [-0.05, 0) is 109 Å². The highest BCUT2D eigenvalue weighted by Crippen LogP contribution is 2.25. The van der Waals surface area contributed by atoms with Crippen molar-refractivity contribution >= 4 is 92.6 Å². The molecule has 24 heteroatoms. The van der Waals surface area contributed by atoms with Gasteiger partial charge < -0.3 is 60.1 Å². The summed E-state index contributed by atoms with van der Waals surface area (Å²) in [4.78, 5) is 177. The fraction of sp³-hybridized carbons (Fsp3) is 0.508. The summed E-state index contributed by atoms with van der Waals surface area (Å²) in [6.45, 7) is 6.44. The number of benzene rings is 4. The Labute approximate surface area is 519 Å². The molecule has 480 valence electrons. The van der Waals surface area contributed by atoms with E-state index in [1.165, 1.54) is 38.0 Å². The van der Waals surface area contributed by atoms with Crippen molar-refractivity contribution in [2.24, 2.45) is 11.8 Å². The largest absolute Gasteiger partial charge is 0.461 e. The SMILES string of the molecule is C.Cc1cc2ccccc2cc1C(=O)N[C@@H]1COC(=O)[C@H](C(C)C)N(C)C(=O)CN(C)C(=O)CNC(=O)[C@@H]2CCCCN2C(=O)[C@H](NC(=O)c2cc3ccccc3cc2C)COC(=O)[C@H](C(C)C)N(C)C(=O)CN(C)C(=O)CNC(=O)[C@@H]2CCCCN2C1=O. The van der Waals surface area contributed by atoms with Gasteiger partial charge in [-0.15, -0.1) is 0 Å². The lowest BCUT2D eigenvalue weighted by Gasteiger charge is -2.37. The lowest BCUT2D eigenvalue weighted by Crippen LogP contribution is -2.59. The molecule has 3 fully saturated rings. The minimum absolute atomic E-state index is 0. The number of amides is 10. The first kappa shape index (κ1) is 69.1. The summed E-state index contributed by atoms with van der Waals surface area (Å²) in [5, 5.41) is 13.9. The number of piperidine rings is 2. The molecule has 3 saturated heterocycles. The first-order chi connectivity index (χ1) is 41.8. The molecular weight excluding hydrogens is 1140 g/mol. The molecule has 0 spiro atoms. The smallest absolute Gasteiger partial charge is 0.329 e. The van der Waals surface area contributed by atoms with E-state index in [1.54, 1.807) is 53.7 Å². The van der Waals surface area contributed by atoms with Crippen molar-refractivity contribution in [2.75, 3.05) is 80.7 Å². The van der Waals surface area contributed by atoms with Crippen LogP contribution in [-0.4, -0.2) is 217 Å². The van der Waals surface area contributed by atoms with Crippen LogP contribution in [0, 0.1) is 25.7 Å². The van der Waals surface area contributed by atoms with E-state index < -0.39 is 158 Å². The van der Waals surface area contributed by atoms with E-state index in [1.807, 2.05) is 60.7 Å². The van der Waals surface area contributed by atoms with Crippen molar-refractivity contribution in [2.45, 2.75) is 124 Å². The quantitative estimate of drug-likeness (QED) is 0.202. The Morgan fingerprint density at radius 3 is 1.18 bits per heavy atom. The van der Waals surface area contributed by atoms with Gasteiger partial charge in [0.25, 0.3) is 11.8 Å². The van der Waals surface area contributed by atoms with Crippen LogP contribution in [0.5, 0.6) is 0 Å². The van der Waals surface area contributed by atoms with Gasteiger partial charge in [0.15, 0.2) is 0 Å². The number of nitrogens with zero attached hydrogens (tertiary/aromatic N) is 6. The maximum atomic E-state index is 14.8. The van der Waals surface area contributed by atoms with Gasteiger partial charge in [-0.3, -0.25) is 47.9 Å². The molecule has 0 aliphatic carbocycles. The molecule has 4 aromatic rings. The Hall–Kier alpha value is -8.96. The number of ether oxygens (including phenoxy) is 2. The third-order valence-corrected chi connectivity index (χ3v) is 16.6. The van der Waals surface area contributed by atoms with E-state index in [9.17, 15) is 57.5 Å². The van der Waals surface area contributed by atoms with E-state index in [0.29, 0.717) is 36.8 Å². The van der Waals surface area contributed by atoms with Crippen LogP contribution in [0.4, 0.5) is 0 Å². The van der Waals surface area contributed by atoms with E-state index in [-0.39, 0.29) is 44.5 Å². The van der Waals surface area contributed by atoms with Gasteiger partial charge in [-0.1, -0.05) is 95.8 Å². The highest BCUT2D eigenvalue weighted by atomic mass is 16.5. The average Bonchev–Trinajstić information content (AvgIpc) is 2.38. The van der Waals surface area contributed by atoms with Crippen LogP contribution < -0.4 is 21.3 Å². The van der Waals surface area contributed by atoms with Gasteiger partial charge in [0, 0.05) is 52.4 Å². The summed E-state index contributed by atoms with van der Waals surface area (Å²) in [6.07, 6.45) is 2.29. The summed E-state index contributed by atoms with van der Waals surface area (Å²) in [6, 6.07) is 13.8. The molecule has 0 saturated carbocycles. The highest BCUT2D eigenvalue weighted by molar-refractivity contribution is 6.04. The molecule has 0 radical (unpaired) electrons. The van der Waals surface area contributed by atoms with Crippen molar-refractivity contribution in [1.82, 2.24) is 50.7 Å². The maximum Gasteiger partial charge on any atom is 0.329 e. The van der Waals surface area contributed by atoms with E-state index in [2.05, 4.69) is 21.3 Å². The molecule has 0 aromatic heterocycles. The standard InChI is InChI=1S/C64H82N10O14.CH4/c1-37(2)55-63(85)87-35-47(67-57(79)45-29-43-21-13-11-19-41(43)27-39(45)5)61(83)73-25-17-15-23-49(73)59(81)66-32-52(76)70(8)34-54(78)72(10)56(38(3)4)64(86)88-36-48(68-58(80)46-30-44-22-14-12-20-42(44)28-40(46)6)62(84)74-26-18-16-24-50(74)60(82)65-31-51(75)69(7)33-53(77)71(55)9;/h11-14,19-22,27-30,37-38,47-50,55-56H,15-18,23-26,31-36H2,1-10H3,(H,65,82)(H,66,81)(H,67,79)(H,68,80);1H4/t47-,48-,49+,50+,55+,56+;/m1./s1. The summed E-state index contributed by atoms with van der Waals surface area (Å²) in [5.41, 5.74) is 1.64. The van der Waals surface area contributed by atoms with Crippen molar-refractivity contribution in [3.63, 3.8) is 0 Å². The van der Waals surface area contributed by atoms with Crippen molar-refractivity contribution in [3.05, 3.63) is 95.1 Å². The molecule has 10 amide bonds.